The Morgan fingerprint density at radius 2 is 1.00 bits per heavy atom. The molecular weight excluding hydrogens is 506 g/mol. The van der Waals surface area contributed by atoms with Crippen LogP contribution in [0.25, 0.3) is 0 Å². The molecule has 0 heterocycles. The third-order valence-corrected chi connectivity index (χ3v) is 0. The molecule has 24 valence electrons. The maximum Gasteiger partial charge on any atom is 0 e. The van der Waals surface area contributed by atoms with E-state index >= 15 is 0 Å². The van der Waals surface area contributed by atoms with Gasteiger partial charge in [-0.1, -0.05) is 0 Å². The molecule has 0 amide bonds. The molecule has 0 aliphatic rings. The average Bonchev–Trinajstić information content (AvgIpc) is 0. The van der Waals surface area contributed by atoms with Crippen LogP contribution in [0, 0.1) is 39.9 Å². The van der Waals surface area contributed by atoms with Gasteiger partial charge < -0.3 is 0 Å². The van der Waals surface area contributed by atoms with Crippen molar-refractivity contribution >= 4 is 0 Å². The van der Waals surface area contributed by atoms with Crippen LogP contribution in [0.3, 0.4) is 0 Å². The summed E-state index contributed by atoms with van der Waals surface area (Å²) in [5.74, 6) is 0. The summed E-state index contributed by atoms with van der Waals surface area (Å²) in [4.78, 5) is 0. The average molecular weight is 506 g/mol. The smallest absolute Gasteiger partial charge is 0 e. The predicted molar refractivity (Wildman–Crippen MR) is 0 cm³/mol. The summed E-state index contributed by atoms with van der Waals surface area (Å²) < 4.78 is 0. The van der Waals surface area contributed by atoms with Crippen molar-refractivity contribution in [3.63, 3.8) is 0 Å². The number of hydrogen-bond donors (Lipinski definition) is 0. The Kier molecular flexibility index (Phi) is 106. The van der Waals surface area contributed by atoms with Crippen molar-refractivity contribution in [3.05, 3.63) is 0 Å². The maximum absolute atomic E-state index is 0. The van der Waals surface area contributed by atoms with Gasteiger partial charge >= 0.3 is 0 Å². The summed E-state index contributed by atoms with van der Waals surface area (Å²) in [5.41, 5.74) is 0. The van der Waals surface area contributed by atoms with Crippen molar-refractivity contribution in [2.45, 2.75) is 0 Å². The van der Waals surface area contributed by atoms with E-state index in [2.05, 4.69) is 0 Å². The minimum Gasteiger partial charge on any atom is 0 e. The van der Waals surface area contributed by atoms with Gasteiger partial charge in [0.15, 0.2) is 0 Å². The van der Waals surface area contributed by atoms with Gasteiger partial charge in [0.25, 0.3) is 0 Å². The van der Waals surface area contributed by atoms with E-state index in [-0.39, 0.29) is 103 Å². The van der Waals surface area contributed by atoms with E-state index in [9.17, 15) is 0 Å². The van der Waals surface area contributed by atoms with E-state index in [1.807, 2.05) is 0 Å². The first-order valence-corrected chi connectivity index (χ1v) is 0. The molecule has 0 rings (SSSR count). The van der Waals surface area contributed by atoms with Crippen LogP contribution in [0.5, 0.6) is 0 Å². The first-order chi connectivity index (χ1) is 0. The van der Waals surface area contributed by atoms with E-state index in [1.54, 1.807) is 0 Å². The monoisotopic (exact) mass is 508 g/mol. The molecule has 0 N–H and O–H groups in total. The summed E-state index contributed by atoms with van der Waals surface area (Å²) in [5, 5.41) is 0. The maximum atomic E-state index is 0. The molecule has 0 fully saturated rings. The first-order valence-electron chi connectivity index (χ1n) is 0. The zero-order valence-corrected chi connectivity index (χ0v) is 12.7. The Bertz CT molecular complexity index is 8.00. The van der Waals surface area contributed by atoms with Gasteiger partial charge in [-0.2, -0.15) is 0 Å². The van der Waals surface area contributed by atoms with E-state index < -0.39 is 0 Å². The molecule has 0 atom stereocenters. The molecule has 0 aromatic heterocycles. The van der Waals surface area contributed by atoms with Crippen LogP contribution in [-0.4, -0.2) is 0 Å². The third-order valence-electron chi connectivity index (χ3n) is 0. The molecule has 4 heavy (non-hydrogen) atoms. The van der Waals surface area contributed by atoms with Gasteiger partial charge in [0.1, 0.15) is 0 Å². The number of rotatable bonds is 0. The summed E-state index contributed by atoms with van der Waals surface area (Å²) >= 11 is 0. The molecule has 0 aromatic rings. The molecule has 0 saturated carbocycles. The van der Waals surface area contributed by atoms with E-state index in [0.717, 1.165) is 0 Å². The van der Waals surface area contributed by atoms with Gasteiger partial charge in [0, 0.05) is 103 Å². The normalized spacial score (nSPS) is 0. The molecule has 0 nitrogen and oxygen atoms in total. The quantitative estimate of drug-likeness (QED) is 0.406. The fraction of sp³-hybridized carbons (Fsp3) is 0. The Balaban J connectivity index is 0. The van der Waals surface area contributed by atoms with Gasteiger partial charge in [-0.05, 0) is 0 Å². The van der Waals surface area contributed by atoms with Crippen LogP contribution >= 0.6 is 0 Å². The van der Waals surface area contributed by atoms with Crippen molar-refractivity contribution < 1.29 is 103 Å². The SMILES string of the molecule is [Cd].[Co].[Rh].[Th]. The molecule has 0 spiro atoms. The van der Waals surface area contributed by atoms with Gasteiger partial charge in [0.2, 0.25) is 0 Å². The van der Waals surface area contributed by atoms with E-state index in [0.29, 0.717) is 0 Å². The Labute approximate surface area is 101 Å². The van der Waals surface area contributed by atoms with Gasteiger partial charge in [-0.15, -0.1) is 0 Å². The minimum absolute atomic E-state index is 0. The molecule has 0 aliphatic heterocycles. The Morgan fingerprint density at radius 1 is 1.00 bits per heavy atom. The van der Waals surface area contributed by atoms with Gasteiger partial charge in [-0.25, -0.2) is 0 Å². The zero-order chi connectivity index (χ0) is 0. The number of hydrogen-bond acceptors (Lipinski definition) is 0. The van der Waals surface area contributed by atoms with Crippen molar-refractivity contribution in [2.24, 2.45) is 0 Å². The second-order valence-electron chi connectivity index (χ2n) is 0. The van der Waals surface area contributed by atoms with Crippen molar-refractivity contribution in [1.29, 1.82) is 0 Å². The van der Waals surface area contributed by atoms with Gasteiger partial charge in [-0.3, -0.25) is 0 Å². The summed E-state index contributed by atoms with van der Waals surface area (Å²) in [6.07, 6.45) is 0. The van der Waals surface area contributed by atoms with Crippen molar-refractivity contribution in [2.75, 3.05) is 0 Å². The molecule has 2 radical (unpaired) electrons. The van der Waals surface area contributed by atoms with Crippen LogP contribution in [-0.2, 0) is 63.6 Å². The van der Waals surface area contributed by atoms with Crippen molar-refractivity contribution in [3.8, 4) is 0 Å². The summed E-state index contributed by atoms with van der Waals surface area (Å²) in [6, 6.07) is 0. The topological polar surface area (TPSA) is 0 Å². The Hall–Kier alpha value is 3.38. The van der Waals surface area contributed by atoms with Crippen LogP contribution < -0.4 is 0 Å². The first kappa shape index (κ1) is 26.3. The standard InChI is InChI=1S/Cd.Co.Rh.Th. The molecule has 4 heteroatoms. The molecule has 0 aromatic carbocycles. The van der Waals surface area contributed by atoms with E-state index in [1.165, 1.54) is 0 Å². The minimum atomic E-state index is 0. The van der Waals surface area contributed by atoms with Crippen LogP contribution in [0.1, 0.15) is 0 Å². The van der Waals surface area contributed by atoms with Crippen molar-refractivity contribution in [1.82, 2.24) is 0 Å². The van der Waals surface area contributed by atoms with Crippen LogP contribution in [0.15, 0.2) is 0 Å². The molecular formula is CdCoRhTh. The van der Waals surface area contributed by atoms with Crippen LogP contribution in [0.4, 0.5) is 0 Å². The second kappa shape index (κ2) is 16.2. The zero-order valence-electron chi connectivity index (χ0n) is 1.87. The molecule has 0 saturated heterocycles. The Morgan fingerprint density at radius 3 is 1.00 bits per heavy atom. The third kappa shape index (κ3) is 9.03. The molecule has 0 unspecified atom stereocenters. The fourth-order valence-corrected chi connectivity index (χ4v) is 0. The largest absolute Gasteiger partial charge is 0 e. The van der Waals surface area contributed by atoms with Crippen LogP contribution in [0.2, 0.25) is 0 Å². The molecule has 0 aliphatic carbocycles. The second-order valence-corrected chi connectivity index (χ2v) is 0. The molecule has 0 bridgehead atoms. The summed E-state index contributed by atoms with van der Waals surface area (Å²) in [6.45, 7) is 0. The fourth-order valence-electron chi connectivity index (χ4n) is 0. The van der Waals surface area contributed by atoms with E-state index in [4.69, 9.17) is 0 Å². The predicted octanol–water partition coefficient (Wildman–Crippen LogP) is -0.00750. The van der Waals surface area contributed by atoms with Gasteiger partial charge in [0.05, 0.1) is 0 Å². The summed E-state index contributed by atoms with van der Waals surface area (Å²) in [7, 11) is 0.